The van der Waals surface area contributed by atoms with Gasteiger partial charge in [0, 0.05) is 19.0 Å². The van der Waals surface area contributed by atoms with Crippen LogP contribution < -0.4 is 5.32 Å². The average molecular weight is 292 g/mol. The van der Waals surface area contributed by atoms with Gasteiger partial charge in [-0.15, -0.1) is 0 Å². The van der Waals surface area contributed by atoms with Gasteiger partial charge in [0.25, 0.3) is 0 Å². The zero-order valence-corrected chi connectivity index (χ0v) is 11.6. The lowest BCUT2D eigenvalue weighted by Gasteiger charge is -2.34. The first kappa shape index (κ1) is 15.1. The van der Waals surface area contributed by atoms with Crippen LogP contribution in [0.5, 0.6) is 0 Å². The Morgan fingerprint density at radius 3 is 2.45 bits per heavy atom. The Morgan fingerprint density at radius 2 is 1.95 bits per heavy atom. The van der Waals surface area contributed by atoms with E-state index in [9.17, 15) is 22.8 Å². The van der Waals surface area contributed by atoms with Gasteiger partial charge in [-0.2, -0.15) is 13.2 Å². The largest absolute Gasteiger partial charge is 0.390 e. The minimum atomic E-state index is -4.31. The van der Waals surface area contributed by atoms with Crippen LogP contribution >= 0.6 is 0 Å². The Labute approximate surface area is 115 Å². The van der Waals surface area contributed by atoms with Gasteiger partial charge in [0.15, 0.2) is 0 Å². The fourth-order valence-corrected chi connectivity index (χ4v) is 2.78. The molecule has 0 aromatic carbocycles. The van der Waals surface area contributed by atoms with Gasteiger partial charge in [0.05, 0.1) is 6.42 Å². The smallest absolute Gasteiger partial charge is 0.342 e. The number of carbonyl (C=O) groups is 2. The summed E-state index contributed by atoms with van der Waals surface area (Å²) < 4.78 is 37.2. The maximum atomic E-state index is 12.6. The molecule has 2 amide bonds. The van der Waals surface area contributed by atoms with Crippen molar-refractivity contribution in [2.45, 2.75) is 57.3 Å². The second-order valence-electron chi connectivity index (χ2n) is 5.94. The standard InChI is InChI=1S/C13H19F3N2O2/c1-8-7-10(19)17-12(2,9-3-4-9)11(20)18(8)6-5-13(14,15)16/h8-9H,3-7H2,1-2H3,(H,17,19). The summed E-state index contributed by atoms with van der Waals surface area (Å²) in [7, 11) is 0. The highest BCUT2D eigenvalue weighted by Crippen LogP contribution is 2.42. The molecule has 1 N–H and O–H groups in total. The van der Waals surface area contributed by atoms with Gasteiger partial charge in [0.2, 0.25) is 11.8 Å². The molecule has 2 atom stereocenters. The fraction of sp³-hybridized carbons (Fsp3) is 0.846. The first-order chi connectivity index (χ1) is 9.13. The van der Waals surface area contributed by atoms with Gasteiger partial charge in [-0.05, 0) is 32.6 Å². The third kappa shape index (κ3) is 3.07. The van der Waals surface area contributed by atoms with E-state index in [0.717, 1.165) is 12.8 Å². The number of nitrogens with one attached hydrogen (secondary N) is 1. The van der Waals surface area contributed by atoms with Crippen LogP contribution in [0, 0.1) is 5.92 Å². The number of rotatable bonds is 3. The lowest BCUT2D eigenvalue weighted by atomic mass is 9.94. The van der Waals surface area contributed by atoms with E-state index in [1.807, 2.05) is 0 Å². The monoisotopic (exact) mass is 292 g/mol. The number of alkyl halides is 3. The highest BCUT2D eigenvalue weighted by atomic mass is 19.4. The molecule has 1 saturated heterocycles. The first-order valence-electron chi connectivity index (χ1n) is 6.82. The fourth-order valence-electron chi connectivity index (χ4n) is 2.78. The van der Waals surface area contributed by atoms with Gasteiger partial charge >= 0.3 is 6.18 Å². The van der Waals surface area contributed by atoms with Crippen molar-refractivity contribution in [1.82, 2.24) is 10.2 Å². The van der Waals surface area contributed by atoms with Crippen molar-refractivity contribution < 1.29 is 22.8 Å². The predicted molar refractivity (Wildman–Crippen MR) is 65.7 cm³/mol. The summed E-state index contributed by atoms with van der Waals surface area (Å²) in [5, 5.41) is 2.71. The number of carbonyl (C=O) groups excluding carboxylic acids is 2. The van der Waals surface area contributed by atoms with Crippen LogP contribution in [0.4, 0.5) is 13.2 Å². The van der Waals surface area contributed by atoms with E-state index in [2.05, 4.69) is 5.32 Å². The SMILES string of the molecule is CC1CC(=O)NC(C)(C2CC2)C(=O)N1CCC(F)(F)F. The number of hydrogen-bond donors (Lipinski definition) is 1. The summed E-state index contributed by atoms with van der Waals surface area (Å²) in [4.78, 5) is 25.6. The highest BCUT2D eigenvalue weighted by Gasteiger charge is 2.52. The van der Waals surface area contributed by atoms with Crippen molar-refractivity contribution in [3.8, 4) is 0 Å². The summed E-state index contributed by atoms with van der Waals surface area (Å²) in [5.74, 6) is -0.616. The van der Waals surface area contributed by atoms with Crippen LogP contribution in [-0.4, -0.2) is 41.0 Å². The summed E-state index contributed by atoms with van der Waals surface area (Å²) in [5.41, 5.74) is -1.05. The number of nitrogens with zero attached hydrogens (tertiary/aromatic N) is 1. The molecular formula is C13H19F3N2O2. The molecule has 1 aliphatic heterocycles. The van der Waals surface area contributed by atoms with E-state index in [4.69, 9.17) is 0 Å². The van der Waals surface area contributed by atoms with Gasteiger partial charge in [-0.25, -0.2) is 0 Å². The Bertz CT molecular complexity index is 420. The molecule has 114 valence electrons. The molecule has 2 unspecified atom stereocenters. The molecule has 2 rings (SSSR count). The second kappa shape index (κ2) is 4.93. The van der Waals surface area contributed by atoms with Crippen LogP contribution in [0.15, 0.2) is 0 Å². The van der Waals surface area contributed by atoms with E-state index in [1.54, 1.807) is 13.8 Å². The van der Waals surface area contributed by atoms with Crippen molar-refractivity contribution in [3.63, 3.8) is 0 Å². The van der Waals surface area contributed by atoms with Crippen molar-refractivity contribution in [1.29, 1.82) is 0 Å². The molecule has 0 radical (unpaired) electrons. The summed E-state index contributed by atoms with van der Waals surface area (Å²) in [6.45, 7) is 2.86. The van der Waals surface area contributed by atoms with E-state index in [1.165, 1.54) is 4.90 Å². The van der Waals surface area contributed by atoms with Crippen molar-refractivity contribution in [3.05, 3.63) is 0 Å². The third-order valence-corrected chi connectivity index (χ3v) is 4.15. The Hall–Kier alpha value is -1.27. The molecule has 2 aliphatic rings. The van der Waals surface area contributed by atoms with Gasteiger partial charge in [-0.1, -0.05) is 0 Å². The van der Waals surface area contributed by atoms with Gasteiger partial charge in [0.1, 0.15) is 5.54 Å². The molecule has 4 nitrogen and oxygen atoms in total. The number of halogens is 3. The van der Waals surface area contributed by atoms with Crippen LogP contribution in [0.2, 0.25) is 0 Å². The van der Waals surface area contributed by atoms with Gasteiger partial charge in [-0.3, -0.25) is 9.59 Å². The Balaban J connectivity index is 2.19. The molecule has 1 saturated carbocycles. The first-order valence-corrected chi connectivity index (χ1v) is 6.82. The van der Waals surface area contributed by atoms with Crippen molar-refractivity contribution in [2.24, 2.45) is 5.92 Å². The Morgan fingerprint density at radius 1 is 1.35 bits per heavy atom. The molecule has 2 fully saturated rings. The van der Waals surface area contributed by atoms with Crippen LogP contribution in [0.1, 0.15) is 39.5 Å². The van der Waals surface area contributed by atoms with Gasteiger partial charge < -0.3 is 10.2 Å². The molecular weight excluding hydrogens is 273 g/mol. The van der Waals surface area contributed by atoms with Crippen LogP contribution in [-0.2, 0) is 9.59 Å². The quantitative estimate of drug-likeness (QED) is 0.863. The molecule has 20 heavy (non-hydrogen) atoms. The second-order valence-corrected chi connectivity index (χ2v) is 5.94. The molecule has 7 heteroatoms. The highest BCUT2D eigenvalue weighted by molar-refractivity contribution is 5.94. The summed E-state index contributed by atoms with van der Waals surface area (Å²) >= 11 is 0. The lowest BCUT2D eigenvalue weighted by Crippen LogP contribution is -2.57. The Kier molecular flexibility index (Phi) is 3.73. The topological polar surface area (TPSA) is 49.4 Å². The lowest BCUT2D eigenvalue weighted by molar-refractivity contribution is -0.150. The third-order valence-electron chi connectivity index (χ3n) is 4.15. The van der Waals surface area contributed by atoms with Crippen LogP contribution in [0.25, 0.3) is 0 Å². The number of amides is 2. The molecule has 1 heterocycles. The number of hydrogen-bond acceptors (Lipinski definition) is 2. The average Bonchev–Trinajstić information content (AvgIpc) is 3.09. The normalized spacial score (nSPS) is 32.0. The minimum Gasteiger partial charge on any atom is -0.342 e. The molecule has 0 aromatic heterocycles. The van der Waals surface area contributed by atoms with E-state index in [0.29, 0.717) is 0 Å². The van der Waals surface area contributed by atoms with Crippen molar-refractivity contribution >= 4 is 11.8 Å². The summed E-state index contributed by atoms with van der Waals surface area (Å²) in [6, 6.07) is -0.509. The van der Waals surface area contributed by atoms with E-state index < -0.39 is 24.2 Å². The van der Waals surface area contributed by atoms with Crippen LogP contribution in [0.3, 0.4) is 0 Å². The van der Waals surface area contributed by atoms with E-state index in [-0.39, 0.29) is 30.7 Å². The molecule has 0 spiro atoms. The molecule has 1 aliphatic carbocycles. The maximum Gasteiger partial charge on any atom is 0.390 e. The summed E-state index contributed by atoms with van der Waals surface area (Å²) in [6.07, 6.45) is -3.66. The van der Waals surface area contributed by atoms with E-state index >= 15 is 0 Å². The zero-order valence-electron chi connectivity index (χ0n) is 11.6. The van der Waals surface area contributed by atoms with Crippen molar-refractivity contribution in [2.75, 3.05) is 6.54 Å². The maximum absolute atomic E-state index is 12.6. The predicted octanol–water partition coefficient (Wildman–Crippen LogP) is 1.84. The minimum absolute atomic E-state index is 0.0395. The molecule has 0 aromatic rings. The molecule has 0 bridgehead atoms. The zero-order chi connectivity index (χ0) is 15.1.